The van der Waals surface area contributed by atoms with E-state index in [2.05, 4.69) is 22.1 Å². The van der Waals surface area contributed by atoms with Crippen LogP contribution in [0.1, 0.15) is 177 Å². The molecule has 6 nitrogen and oxygen atoms in total. The van der Waals surface area contributed by atoms with Gasteiger partial charge in [-0.2, -0.15) is 13.2 Å². The van der Waals surface area contributed by atoms with Crippen molar-refractivity contribution in [3.63, 3.8) is 0 Å². The average molecular weight is 1530 g/mol. The van der Waals surface area contributed by atoms with Crippen molar-refractivity contribution in [1.29, 1.82) is 0 Å². The zero-order valence-electron chi connectivity index (χ0n) is 62.9. The van der Waals surface area contributed by atoms with Crippen molar-refractivity contribution in [3.8, 4) is 22.5 Å². The number of pyridine rings is 2. The number of allylic oxidation sites excluding steroid dienone is 4. The molecule has 2 aromatic heterocycles. The Kier molecular flexibility index (Phi) is 19.7. The van der Waals surface area contributed by atoms with Crippen LogP contribution in [0.2, 0.25) is 0 Å². The molecular formula is C73H86F4Ir2N2O4-2. The SMILES string of the molecule is CCC(C)(C)C(=O)C=C(O)C(C)(C)CC.CCC(C)(CC)C(=O)C=C(O)C(C)(CC)CC.[2H]C([2H])([2H])c1[c-]c(-c2ncc(C)c3c2ccc2c(F)cccc23)cc(C([2H])([2H])[2H])c1.[2H]C([2H])([2H])c1[c-]c(-c2nccc3c2ccc2c(C)cc(C(F)(F)F)cc23)cc(C([2H])([2H])[2H])c1.[Ir].[Ir]. The van der Waals surface area contributed by atoms with Crippen LogP contribution in [0.4, 0.5) is 17.6 Å². The van der Waals surface area contributed by atoms with Gasteiger partial charge in [-0.05, 0) is 137 Å². The molecule has 2 heterocycles. The number of carbonyl (C=O) groups excluding carboxylic acids is 2. The van der Waals surface area contributed by atoms with E-state index in [4.69, 9.17) is 16.4 Å². The van der Waals surface area contributed by atoms with Gasteiger partial charge in [0, 0.05) is 108 Å². The van der Waals surface area contributed by atoms with Crippen LogP contribution in [0.5, 0.6) is 0 Å². The molecule has 0 aliphatic rings. The molecule has 8 aromatic rings. The molecule has 85 heavy (non-hydrogen) atoms. The number of fused-ring (bicyclic) bond motifs is 6. The molecule has 0 spiro atoms. The van der Waals surface area contributed by atoms with Crippen molar-refractivity contribution < 1.29 is 94.0 Å². The van der Waals surface area contributed by atoms with Gasteiger partial charge in [0.2, 0.25) is 0 Å². The van der Waals surface area contributed by atoms with Crippen LogP contribution in [0.3, 0.4) is 0 Å². The fraction of sp³-hybridized carbons (Fsp3) is 0.397. The predicted molar refractivity (Wildman–Crippen MR) is 337 cm³/mol. The van der Waals surface area contributed by atoms with Gasteiger partial charge in [0.25, 0.3) is 0 Å². The third kappa shape index (κ3) is 17.4. The predicted octanol–water partition coefficient (Wildman–Crippen LogP) is 21.2. The van der Waals surface area contributed by atoms with Gasteiger partial charge in [-0.15, -0.1) is 69.8 Å². The first-order valence-corrected chi connectivity index (χ1v) is 28.0. The summed E-state index contributed by atoms with van der Waals surface area (Å²) in [5.74, 6) is 0.141. The van der Waals surface area contributed by atoms with Gasteiger partial charge < -0.3 is 20.2 Å². The molecule has 0 unspecified atom stereocenters. The normalized spacial score (nSPS) is 15.0. The number of rotatable bonds is 14. The Morgan fingerprint density at radius 2 is 1.06 bits per heavy atom. The number of hydrogen-bond donors (Lipinski definition) is 2. The number of benzene rings is 6. The second-order valence-corrected chi connectivity index (χ2v) is 23.0. The Hall–Kier alpha value is -5.90. The van der Waals surface area contributed by atoms with Crippen LogP contribution in [0, 0.1) is 80.9 Å². The number of aromatic nitrogens is 2. The standard InChI is InChI=1S/C23H17F3N.C22H17FN.C15H28O2.C13H24O2.2Ir/c1-13-8-14(2)10-16(9-13)22-20-5-4-18-15(3)11-17(23(24,25)26)12-21(18)19(20)6-7-27-22;1-13-9-14(2)11-16(10-13)22-19-8-7-17-18(5-4-6-20(17)23)21(19)15(3)12-24-22;1-7-14(5,8-2)12(16)11-13(17)15(6,9-3)10-4;1-7-12(3,4)10(14)9-11(15)13(5,6)8-2;;/h4-9,11-12H,1-3H3;4-10,12H,1-3H3;11,16H,7-10H2,1-6H3;9,14H,7-8H2,1-6H3;;/q2*-1;;;;/i2*1D3,2D3;;;;. The van der Waals surface area contributed by atoms with Crippen LogP contribution < -0.4 is 0 Å². The van der Waals surface area contributed by atoms with Crippen molar-refractivity contribution in [2.75, 3.05) is 0 Å². The summed E-state index contributed by atoms with van der Waals surface area (Å²) < 4.78 is 147. The van der Waals surface area contributed by atoms with E-state index in [1.54, 1.807) is 49.5 Å². The van der Waals surface area contributed by atoms with E-state index < -0.39 is 39.1 Å². The second kappa shape index (κ2) is 30.1. The summed E-state index contributed by atoms with van der Waals surface area (Å²) in [4.78, 5) is 32.8. The minimum atomic E-state index is -4.52. The number of ketones is 2. The van der Waals surface area contributed by atoms with E-state index in [-0.39, 0.29) is 130 Å². The number of carbonyl (C=O) groups is 2. The summed E-state index contributed by atoms with van der Waals surface area (Å²) in [5.41, 5.74) is -0.464. The van der Waals surface area contributed by atoms with Crippen LogP contribution in [-0.4, -0.2) is 31.7 Å². The molecule has 2 radical (unpaired) electrons. The van der Waals surface area contributed by atoms with E-state index >= 15 is 0 Å². The number of aryl methyl sites for hydroxylation is 6. The molecule has 0 saturated carbocycles. The Balaban J connectivity index is 0.000000353. The average Bonchev–Trinajstić information content (AvgIpc) is 0.758. The first kappa shape index (κ1) is 55.7. The van der Waals surface area contributed by atoms with Crippen molar-refractivity contribution in [1.82, 2.24) is 9.97 Å². The maximum atomic E-state index is 14.3. The molecule has 0 amide bonds. The van der Waals surface area contributed by atoms with Gasteiger partial charge in [-0.25, -0.2) is 4.39 Å². The number of nitrogens with zero attached hydrogens (tertiary/aromatic N) is 2. The summed E-state index contributed by atoms with van der Waals surface area (Å²) in [6, 6.07) is 25.8. The zero-order valence-corrected chi connectivity index (χ0v) is 55.7. The molecule has 460 valence electrons. The zero-order chi connectivity index (χ0) is 72.2. The number of hydrogen-bond acceptors (Lipinski definition) is 6. The van der Waals surface area contributed by atoms with Gasteiger partial charge in [0.05, 0.1) is 5.56 Å². The van der Waals surface area contributed by atoms with E-state index in [1.165, 1.54) is 36.5 Å². The number of halogens is 4. The Morgan fingerprint density at radius 3 is 1.58 bits per heavy atom. The Bertz CT molecular complexity index is 4120. The van der Waals surface area contributed by atoms with Crippen molar-refractivity contribution in [3.05, 3.63) is 178 Å². The first-order chi connectivity index (χ1) is 43.6. The third-order valence-electron chi connectivity index (χ3n) is 16.7. The first-order valence-electron chi connectivity index (χ1n) is 34.0. The minimum Gasteiger partial charge on any atom is -0.512 e. The van der Waals surface area contributed by atoms with Gasteiger partial charge in [0.1, 0.15) is 17.3 Å². The van der Waals surface area contributed by atoms with Gasteiger partial charge >= 0.3 is 6.18 Å². The summed E-state index contributed by atoms with van der Waals surface area (Å²) >= 11 is 0. The number of aliphatic hydroxyl groups excluding tert-OH is 2. The molecule has 0 bridgehead atoms. The molecule has 6 aromatic carbocycles. The Morgan fingerprint density at radius 1 is 0.541 bits per heavy atom. The molecule has 0 saturated heterocycles. The summed E-state index contributed by atoms with van der Waals surface area (Å²) in [6.07, 6.45) is 6.24. The smallest absolute Gasteiger partial charge is 0.416 e. The summed E-state index contributed by atoms with van der Waals surface area (Å²) in [6.45, 7) is 17.0. The fourth-order valence-corrected chi connectivity index (χ4v) is 9.06. The molecule has 8 rings (SSSR count). The van der Waals surface area contributed by atoms with Crippen LogP contribution in [0.15, 0.2) is 121 Å². The molecule has 2 N–H and O–H groups in total. The quantitative estimate of drug-likeness (QED) is 0.0370. The summed E-state index contributed by atoms with van der Waals surface area (Å²) in [5, 5.41) is 24.5. The van der Waals surface area contributed by atoms with Gasteiger partial charge in [-0.1, -0.05) is 147 Å². The summed E-state index contributed by atoms with van der Waals surface area (Å²) in [7, 11) is 0. The van der Waals surface area contributed by atoms with Gasteiger partial charge in [-0.3, -0.25) is 9.59 Å². The van der Waals surface area contributed by atoms with Crippen LogP contribution >= 0.6 is 0 Å². The van der Waals surface area contributed by atoms with Crippen molar-refractivity contribution in [2.45, 2.75) is 169 Å². The molecule has 0 fully saturated rings. The minimum absolute atomic E-state index is 0. The van der Waals surface area contributed by atoms with E-state index in [0.29, 0.717) is 49.0 Å². The molecule has 0 aliphatic heterocycles. The van der Waals surface area contributed by atoms with E-state index in [9.17, 15) is 37.4 Å². The molecule has 0 aliphatic carbocycles. The molecular weight excluding hydrogens is 1430 g/mol. The monoisotopic (exact) mass is 1530 g/mol. The fourth-order valence-electron chi connectivity index (χ4n) is 9.06. The van der Waals surface area contributed by atoms with Gasteiger partial charge in [0.15, 0.2) is 11.6 Å². The van der Waals surface area contributed by atoms with Crippen molar-refractivity contribution >= 4 is 54.7 Å². The molecule has 0 atom stereocenters. The van der Waals surface area contributed by atoms with E-state index in [1.807, 2.05) is 96.1 Å². The number of aliphatic hydroxyl groups is 2. The maximum absolute atomic E-state index is 14.3. The third-order valence-corrected chi connectivity index (χ3v) is 16.7. The van der Waals surface area contributed by atoms with E-state index in [0.717, 1.165) is 73.7 Å². The van der Waals surface area contributed by atoms with Crippen LogP contribution in [-0.2, 0) is 56.0 Å². The second-order valence-electron chi connectivity index (χ2n) is 23.0. The molecule has 12 heteroatoms. The Labute approximate surface area is 547 Å². The van der Waals surface area contributed by atoms with Crippen molar-refractivity contribution in [2.24, 2.45) is 21.7 Å². The number of alkyl halides is 3. The van der Waals surface area contributed by atoms with Crippen LogP contribution in [0.25, 0.3) is 65.6 Å². The maximum Gasteiger partial charge on any atom is 0.416 e. The topological polar surface area (TPSA) is 100 Å². The largest absolute Gasteiger partial charge is 0.512 e.